The predicted molar refractivity (Wildman–Crippen MR) is 102 cm³/mol. The zero-order valence-corrected chi connectivity index (χ0v) is 14.7. The number of carbonyl (C=O) groups excluding carboxylic acids is 3. The second kappa shape index (κ2) is 6.68. The molecular formula is C22H17NO4. The first kappa shape index (κ1) is 17.0. The Morgan fingerprint density at radius 3 is 2.67 bits per heavy atom. The number of nitrogens with one attached hydrogen (secondary N) is 1. The van der Waals surface area contributed by atoms with E-state index in [0.29, 0.717) is 11.1 Å². The maximum atomic E-state index is 12.4. The lowest BCUT2D eigenvalue weighted by atomic mass is 9.99. The monoisotopic (exact) mass is 359 g/mol. The van der Waals surface area contributed by atoms with Gasteiger partial charge >= 0.3 is 5.97 Å². The molecule has 5 nitrogen and oxygen atoms in total. The van der Waals surface area contributed by atoms with E-state index in [0.717, 1.165) is 22.0 Å². The fourth-order valence-electron chi connectivity index (χ4n) is 3.29. The summed E-state index contributed by atoms with van der Waals surface area (Å²) in [4.78, 5) is 36.6. The molecule has 134 valence electrons. The largest absolute Gasteiger partial charge is 0.454 e. The summed E-state index contributed by atoms with van der Waals surface area (Å²) >= 11 is 0. The number of anilines is 1. The van der Waals surface area contributed by atoms with Crippen molar-refractivity contribution in [2.75, 3.05) is 11.9 Å². The van der Waals surface area contributed by atoms with Gasteiger partial charge in [-0.15, -0.1) is 0 Å². The van der Waals surface area contributed by atoms with E-state index in [4.69, 9.17) is 4.74 Å². The third kappa shape index (κ3) is 3.08. The van der Waals surface area contributed by atoms with Gasteiger partial charge in [0.25, 0.3) is 0 Å². The summed E-state index contributed by atoms with van der Waals surface area (Å²) in [5.74, 6) is -1.23. The minimum atomic E-state index is -0.536. The smallest absolute Gasteiger partial charge is 0.339 e. The molecule has 0 bridgehead atoms. The average Bonchev–Trinajstić information content (AvgIpc) is 2.98. The molecule has 1 amide bonds. The van der Waals surface area contributed by atoms with Crippen molar-refractivity contribution < 1.29 is 19.1 Å². The van der Waals surface area contributed by atoms with E-state index < -0.39 is 5.97 Å². The summed E-state index contributed by atoms with van der Waals surface area (Å²) in [6.45, 7) is 1.44. The normalized spacial score (nSPS) is 15.3. The van der Waals surface area contributed by atoms with Crippen molar-refractivity contribution in [3.63, 3.8) is 0 Å². The molecule has 0 aliphatic carbocycles. The van der Waals surface area contributed by atoms with Crippen molar-refractivity contribution in [3.8, 4) is 0 Å². The highest BCUT2D eigenvalue weighted by atomic mass is 16.5. The number of esters is 1. The maximum Gasteiger partial charge on any atom is 0.339 e. The van der Waals surface area contributed by atoms with E-state index in [1.165, 1.54) is 0 Å². The zero-order valence-electron chi connectivity index (χ0n) is 14.7. The van der Waals surface area contributed by atoms with E-state index in [1.807, 2.05) is 30.3 Å². The topological polar surface area (TPSA) is 72.5 Å². The molecule has 0 spiro atoms. The van der Waals surface area contributed by atoms with Crippen LogP contribution in [0.15, 0.2) is 60.7 Å². The Kier molecular flexibility index (Phi) is 4.20. The summed E-state index contributed by atoms with van der Waals surface area (Å²) in [7, 11) is 0. The molecule has 4 rings (SSSR count). The van der Waals surface area contributed by atoms with Crippen LogP contribution >= 0.6 is 0 Å². The lowest BCUT2D eigenvalue weighted by Crippen LogP contribution is -2.14. The lowest BCUT2D eigenvalue weighted by molar-refractivity contribution is -0.116. The van der Waals surface area contributed by atoms with Crippen LogP contribution in [-0.4, -0.2) is 24.3 Å². The van der Waals surface area contributed by atoms with Gasteiger partial charge in [-0.1, -0.05) is 36.4 Å². The number of rotatable bonds is 4. The first-order chi connectivity index (χ1) is 13.0. The van der Waals surface area contributed by atoms with Crippen LogP contribution in [0.5, 0.6) is 0 Å². The van der Waals surface area contributed by atoms with E-state index >= 15 is 0 Å². The van der Waals surface area contributed by atoms with Gasteiger partial charge in [0.15, 0.2) is 12.4 Å². The van der Waals surface area contributed by atoms with Crippen LogP contribution in [0.2, 0.25) is 0 Å². The third-order valence-corrected chi connectivity index (χ3v) is 4.84. The highest BCUT2D eigenvalue weighted by Crippen LogP contribution is 2.32. The number of ether oxygens (including phenoxy) is 1. The van der Waals surface area contributed by atoms with Crippen molar-refractivity contribution in [2.45, 2.75) is 12.8 Å². The van der Waals surface area contributed by atoms with E-state index in [1.54, 1.807) is 37.3 Å². The van der Waals surface area contributed by atoms with Gasteiger partial charge < -0.3 is 10.1 Å². The number of benzene rings is 3. The molecule has 1 heterocycles. The molecule has 1 aliphatic rings. The van der Waals surface area contributed by atoms with Gasteiger partial charge in [-0.3, -0.25) is 9.59 Å². The zero-order chi connectivity index (χ0) is 19.0. The Morgan fingerprint density at radius 1 is 1.04 bits per heavy atom. The van der Waals surface area contributed by atoms with Gasteiger partial charge in [-0.2, -0.15) is 0 Å². The van der Waals surface area contributed by atoms with Crippen molar-refractivity contribution >= 4 is 34.1 Å². The molecular weight excluding hydrogens is 342 g/mol. The fourth-order valence-corrected chi connectivity index (χ4v) is 3.29. The quantitative estimate of drug-likeness (QED) is 0.566. The van der Waals surface area contributed by atoms with Crippen LogP contribution in [0, 0.1) is 0 Å². The summed E-state index contributed by atoms with van der Waals surface area (Å²) in [5, 5.41) is 4.49. The fraction of sp³-hybridized carbons (Fsp3) is 0.136. The number of ketones is 1. The van der Waals surface area contributed by atoms with Crippen LogP contribution in [0.3, 0.4) is 0 Å². The second-order valence-electron chi connectivity index (χ2n) is 6.54. The maximum absolute atomic E-state index is 12.4. The number of hydrogen-bond donors (Lipinski definition) is 1. The third-order valence-electron chi connectivity index (χ3n) is 4.84. The molecule has 0 saturated carbocycles. The van der Waals surface area contributed by atoms with Crippen LogP contribution in [-0.2, 0) is 9.53 Å². The number of fused-ring (bicyclic) bond motifs is 2. The van der Waals surface area contributed by atoms with Crippen molar-refractivity contribution in [2.24, 2.45) is 0 Å². The number of amides is 1. The van der Waals surface area contributed by atoms with Gasteiger partial charge in [0.1, 0.15) is 0 Å². The number of Topliss-reactive ketones (excluding diaryl/α,β-unsaturated/α-hetero) is 1. The minimum absolute atomic E-state index is 0.0861. The first-order valence-electron chi connectivity index (χ1n) is 8.67. The van der Waals surface area contributed by atoms with Crippen LogP contribution in [0.25, 0.3) is 10.8 Å². The molecule has 0 saturated heterocycles. The minimum Gasteiger partial charge on any atom is -0.454 e. The molecule has 1 atom stereocenters. The Hall–Kier alpha value is -3.47. The number of carbonyl (C=O) groups is 3. The van der Waals surface area contributed by atoms with E-state index in [9.17, 15) is 14.4 Å². The molecule has 1 N–H and O–H groups in total. The standard InChI is InChI=1S/C22H17NO4/c1-13-18-11-15(9-10-19(18)23-21(13)25)20(24)12-27-22(26)17-8-4-6-14-5-2-3-7-16(14)17/h2-11,13H,12H2,1H3,(H,23,25)/t13-/m1/s1. The second-order valence-corrected chi connectivity index (χ2v) is 6.54. The summed E-state index contributed by atoms with van der Waals surface area (Å²) in [6, 6.07) is 17.9. The molecule has 3 aromatic rings. The summed E-state index contributed by atoms with van der Waals surface area (Å²) in [5.41, 5.74) is 2.35. The number of hydrogen-bond acceptors (Lipinski definition) is 4. The molecule has 5 heteroatoms. The Bertz CT molecular complexity index is 1080. The van der Waals surface area contributed by atoms with Gasteiger partial charge in [0.05, 0.1) is 11.5 Å². The molecule has 0 unspecified atom stereocenters. The Labute approximate surface area is 156 Å². The van der Waals surface area contributed by atoms with Crippen molar-refractivity contribution in [3.05, 3.63) is 77.4 Å². The van der Waals surface area contributed by atoms with Crippen molar-refractivity contribution in [1.29, 1.82) is 0 Å². The summed E-state index contributed by atoms with van der Waals surface area (Å²) < 4.78 is 5.25. The Morgan fingerprint density at radius 2 is 1.81 bits per heavy atom. The predicted octanol–water partition coefficient (Wildman–Crippen LogP) is 3.94. The van der Waals surface area contributed by atoms with Gasteiger partial charge in [0.2, 0.25) is 5.91 Å². The molecule has 0 fully saturated rings. The van der Waals surface area contributed by atoms with Gasteiger partial charge in [-0.05, 0) is 47.5 Å². The summed E-state index contributed by atoms with van der Waals surface area (Å²) in [6.07, 6.45) is 0. The highest BCUT2D eigenvalue weighted by Gasteiger charge is 2.27. The molecule has 3 aromatic carbocycles. The molecule has 0 aromatic heterocycles. The van der Waals surface area contributed by atoms with Crippen LogP contribution < -0.4 is 5.32 Å². The first-order valence-corrected chi connectivity index (χ1v) is 8.67. The van der Waals surface area contributed by atoms with Crippen molar-refractivity contribution in [1.82, 2.24) is 0 Å². The molecule has 1 aliphatic heterocycles. The van der Waals surface area contributed by atoms with E-state index in [2.05, 4.69) is 5.32 Å². The Balaban J connectivity index is 1.50. The van der Waals surface area contributed by atoms with Gasteiger partial charge in [0, 0.05) is 11.3 Å². The SMILES string of the molecule is C[C@H]1C(=O)Nc2ccc(C(=O)COC(=O)c3cccc4ccccc34)cc21. The highest BCUT2D eigenvalue weighted by molar-refractivity contribution is 6.07. The molecule has 0 radical (unpaired) electrons. The average molecular weight is 359 g/mol. The van der Waals surface area contributed by atoms with Gasteiger partial charge in [-0.25, -0.2) is 4.79 Å². The molecule has 27 heavy (non-hydrogen) atoms. The lowest BCUT2D eigenvalue weighted by Gasteiger charge is -2.08. The van der Waals surface area contributed by atoms with E-state index in [-0.39, 0.29) is 24.2 Å². The van der Waals surface area contributed by atoms with Crippen LogP contribution in [0.4, 0.5) is 5.69 Å². The van der Waals surface area contributed by atoms with Crippen LogP contribution in [0.1, 0.15) is 39.1 Å².